The highest BCUT2D eigenvalue weighted by Crippen LogP contribution is 2.52. The molecular weight excluding hydrogens is 963 g/mol. The number of nitriles is 1. The van der Waals surface area contributed by atoms with Gasteiger partial charge in [-0.2, -0.15) is 5.26 Å². The summed E-state index contributed by atoms with van der Waals surface area (Å²) >= 11 is 0. The minimum Gasteiger partial charge on any atom is -0.307 e. The fourth-order valence-electron chi connectivity index (χ4n) is 13.2. The van der Waals surface area contributed by atoms with E-state index in [0.717, 1.165) is 143 Å². The topological polar surface area (TPSA) is 61.3 Å². The predicted molar refractivity (Wildman–Crippen MR) is 328 cm³/mol. The van der Waals surface area contributed by atoms with Gasteiger partial charge in [-0.25, -0.2) is 4.98 Å². The van der Waals surface area contributed by atoms with Gasteiger partial charge in [-0.3, -0.25) is 4.57 Å². The third-order valence-corrected chi connectivity index (χ3v) is 16.5. The van der Waals surface area contributed by atoms with Gasteiger partial charge in [0.25, 0.3) is 0 Å². The molecule has 0 unspecified atom stereocenters. The van der Waals surface area contributed by atoms with Gasteiger partial charge in [-0.1, -0.05) is 150 Å². The van der Waals surface area contributed by atoms with E-state index >= 15 is 0 Å². The van der Waals surface area contributed by atoms with Gasteiger partial charge in [-0.15, -0.1) is 0 Å². The van der Waals surface area contributed by atoms with Gasteiger partial charge in [-0.05, 0) is 125 Å². The van der Waals surface area contributed by atoms with Crippen LogP contribution in [0.5, 0.6) is 0 Å². The van der Waals surface area contributed by atoms with Crippen molar-refractivity contribution in [2.45, 2.75) is 27.7 Å². The summed E-state index contributed by atoms with van der Waals surface area (Å²) in [7, 11) is 0. The highest BCUT2D eigenvalue weighted by molar-refractivity contribution is 6.17. The quantitative estimate of drug-likeness (QED) is 0.167. The van der Waals surface area contributed by atoms with Gasteiger partial charge in [0.2, 0.25) is 0 Å². The van der Waals surface area contributed by atoms with Crippen LogP contribution in [-0.2, 0) is 0 Å². The SMILES string of the molecule is Cc1ccc2c(c1)c1ccccc1n2-c1c(C#N)c(-n2c3ccccc3c3cc(C)ccc32)c(-n2c3ccccc3c3cc(C)ccc32)c(-n2c3ccccc3c3cc(C)ccc32)c1-c1nc2ccccc2n1-c1ccccc1. The molecule has 0 aliphatic heterocycles. The van der Waals surface area contributed by atoms with Gasteiger partial charge >= 0.3 is 0 Å². The summed E-state index contributed by atoms with van der Waals surface area (Å²) in [4.78, 5) is 5.90. The lowest BCUT2D eigenvalue weighted by molar-refractivity contribution is 1.01. The average Bonchev–Trinajstić information content (AvgIpc) is 4.17. The number of nitrogens with zero attached hydrogens (tertiary/aromatic N) is 7. The van der Waals surface area contributed by atoms with Gasteiger partial charge in [0.1, 0.15) is 17.5 Å². The Bertz CT molecular complexity index is 5320. The summed E-state index contributed by atoms with van der Waals surface area (Å²) in [5.41, 5.74) is 20.0. The van der Waals surface area contributed by atoms with Crippen LogP contribution < -0.4 is 0 Å². The molecule has 0 radical (unpaired) electrons. The number of hydrogen-bond donors (Lipinski definition) is 0. The maximum absolute atomic E-state index is 13.0. The molecule has 0 atom stereocenters. The first-order valence-electron chi connectivity index (χ1n) is 27.0. The van der Waals surface area contributed by atoms with Crippen LogP contribution in [-0.4, -0.2) is 27.8 Å². The molecule has 5 aromatic heterocycles. The fraction of sp³-hybridized carbons (Fsp3) is 0.0556. The van der Waals surface area contributed by atoms with Crippen LogP contribution in [0.4, 0.5) is 0 Å². The van der Waals surface area contributed by atoms with E-state index in [1.54, 1.807) is 0 Å². The number of hydrogen-bond acceptors (Lipinski definition) is 2. The first-order valence-corrected chi connectivity index (χ1v) is 27.0. The first kappa shape index (κ1) is 44.8. The van der Waals surface area contributed by atoms with Gasteiger partial charge < -0.3 is 18.3 Å². The maximum atomic E-state index is 13.0. The zero-order valence-electron chi connectivity index (χ0n) is 44.0. The smallest absolute Gasteiger partial charge is 0.150 e. The largest absolute Gasteiger partial charge is 0.307 e. The Balaban J connectivity index is 1.30. The van der Waals surface area contributed by atoms with E-state index in [1.165, 1.54) is 11.1 Å². The number of fused-ring (bicyclic) bond motifs is 13. The molecule has 7 heteroatoms. The van der Waals surface area contributed by atoms with E-state index in [4.69, 9.17) is 4.98 Å². The number of rotatable bonds is 6. The minimum absolute atomic E-state index is 0.501. The highest BCUT2D eigenvalue weighted by Gasteiger charge is 2.37. The Labute approximate surface area is 454 Å². The monoisotopic (exact) mass is 1010 g/mol. The Hall–Kier alpha value is -10.4. The summed E-state index contributed by atoms with van der Waals surface area (Å²) in [6, 6.07) is 84.2. The van der Waals surface area contributed by atoms with Crippen LogP contribution in [0, 0.1) is 39.0 Å². The second-order valence-electron chi connectivity index (χ2n) is 21.3. The summed E-state index contributed by atoms with van der Waals surface area (Å²) in [5.74, 6) is 0.701. The number of para-hydroxylation sites is 7. The van der Waals surface area contributed by atoms with Crippen LogP contribution in [0.1, 0.15) is 27.8 Å². The molecule has 0 fully saturated rings. The maximum Gasteiger partial charge on any atom is 0.150 e. The Morgan fingerprint density at radius 1 is 0.304 bits per heavy atom. The van der Waals surface area contributed by atoms with E-state index in [2.05, 4.69) is 281 Å². The average molecular weight is 1010 g/mol. The third kappa shape index (κ3) is 6.31. The molecular formula is C72H49N7. The molecule has 372 valence electrons. The Morgan fingerprint density at radius 2 is 0.646 bits per heavy atom. The van der Waals surface area contributed by atoms with Crippen molar-refractivity contribution in [3.8, 4) is 45.9 Å². The molecule has 16 aromatic rings. The molecule has 0 spiro atoms. The lowest BCUT2D eigenvalue weighted by Gasteiger charge is -2.29. The van der Waals surface area contributed by atoms with E-state index in [1.807, 2.05) is 0 Å². The van der Waals surface area contributed by atoms with Crippen LogP contribution in [0.15, 0.2) is 224 Å². The van der Waals surface area contributed by atoms with Gasteiger partial charge in [0, 0.05) is 48.8 Å². The van der Waals surface area contributed by atoms with E-state index in [9.17, 15) is 5.26 Å². The minimum atomic E-state index is 0.501. The van der Waals surface area contributed by atoms with Crippen molar-refractivity contribution >= 4 is 98.3 Å². The zero-order chi connectivity index (χ0) is 52.8. The number of aryl methyl sites for hydroxylation is 4. The molecule has 79 heavy (non-hydrogen) atoms. The van der Waals surface area contributed by atoms with Crippen LogP contribution in [0.25, 0.3) is 138 Å². The van der Waals surface area contributed by atoms with Crippen molar-refractivity contribution in [1.82, 2.24) is 27.8 Å². The van der Waals surface area contributed by atoms with Crippen molar-refractivity contribution < 1.29 is 0 Å². The first-order chi connectivity index (χ1) is 38.8. The summed E-state index contributed by atoms with van der Waals surface area (Å²) in [5, 5.41) is 21.9. The fourth-order valence-corrected chi connectivity index (χ4v) is 13.2. The Morgan fingerprint density at radius 3 is 1.08 bits per heavy atom. The summed E-state index contributed by atoms with van der Waals surface area (Å²) < 4.78 is 12.1. The molecule has 0 aliphatic carbocycles. The second kappa shape index (κ2) is 16.8. The summed E-state index contributed by atoms with van der Waals surface area (Å²) in [6.07, 6.45) is 0. The van der Waals surface area contributed by atoms with Crippen molar-refractivity contribution in [2.24, 2.45) is 0 Å². The summed E-state index contributed by atoms with van der Waals surface area (Å²) in [6.45, 7) is 8.67. The molecule has 0 bridgehead atoms. The van der Waals surface area contributed by atoms with Crippen molar-refractivity contribution in [3.05, 3.63) is 252 Å². The molecule has 0 saturated carbocycles. The normalized spacial score (nSPS) is 12.0. The predicted octanol–water partition coefficient (Wildman–Crippen LogP) is 18.2. The lowest BCUT2D eigenvalue weighted by atomic mass is 9.97. The molecule has 16 rings (SSSR count). The molecule has 0 N–H and O–H groups in total. The standard InChI is InChI=1S/C72H49N7/c1-43-30-34-62-52(38-43)48-20-8-13-25-58(48)76(62)68-56(42-73)69(77-59-26-14-9-21-49(59)53-39-44(2)31-35-63(53)77)71(79-61-28-16-11-23-51(61)55-41-46(4)33-37-65(55)79)70(78-60-27-15-10-22-50(60)54-40-45(3)32-36-64(54)78)67(68)72-74-57-24-12-17-29-66(57)75(72)47-18-6-5-7-19-47/h5-41H,1-4H3. The molecule has 0 amide bonds. The molecule has 5 heterocycles. The number of benzene rings is 11. The third-order valence-electron chi connectivity index (χ3n) is 16.5. The lowest BCUT2D eigenvalue weighted by Crippen LogP contribution is -2.17. The van der Waals surface area contributed by atoms with E-state index < -0.39 is 0 Å². The van der Waals surface area contributed by atoms with Crippen LogP contribution in [0.3, 0.4) is 0 Å². The van der Waals surface area contributed by atoms with Crippen molar-refractivity contribution in [3.63, 3.8) is 0 Å². The number of imidazole rings is 1. The molecule has 7 nitrogen and oxygen atoms in total. The number of aromatic nitrogens is 6. The van der Waals surface area contributed by atoms with Gasteiger partial charge in [0.15, 0.2) is 0 Å². The van der Waals surface area contributed by atoms with Crippen LogP contribution in [0.2, 0.25) is 0 Å². The second-order valence-corrected chi connectivity index (χ2v) is 21.3. The van der Waals surface area contributed by atoms with E-state index in [0.29, 0.717) is 11.4 Å². The molecule has 11 aromatic carbocycles. The highest BCUT2D eigenvalue weighted by atomic mass is 15.2. The molecule has 0 saturated heterocycles. The zero-order valence-corrected chi connectivity index (χ0v) is 44.0. The molecule has 0 aliphatic rings. The van der Waals surface area contributed by atoms with E-state index in [-0.39, 0.29) is 0 Å². The Kier molecular flexibility index (Phi) is 9.53. The van der Waals surface area contributed by atoms with Gasteiger partial charge in [0.05, 0.1) is 83.5 Å². The van der Waals surface area contributed by atoms with Crippen molar-refractivity contribution in [2.75, 3.05) is 0 Å². The van der Waals surface area contributed by atoms with Crippen LogP contribution >= 0.6 is 0 Å². The van der Waals surface area contributed by atoms with Crippen molar-refractivity contribution in [1.29, 1.82) is 5.26 Å².